The smallest absolute Gasteiger partial charge is 0.236 e. The Morgan fingerprint density at radius 1 is 1.56 bits per heavy atom. The van der Waals surface area contributed by atoms with E-state index in [4.69, 9.17) is 4.74 Å². The molecular formula is C13H18BrNO3. The summed E-state index contributed by atoms with van der Waals surface area (Å²) in [5, 5.41) is 9.49. The molecule has 0 aliphatic carbocycles. The maximum absolute atomic E-state index is 11.9. The average molecular weight is 316 g/mol. The minimum absolute atomic E-state index is 0.0459. The summed E-state index contributed by atoms with van der Waals surface area (Å²) in [5.74, 6) is 0.561. The minimum Gasteiger partial charge on any atom is -0.504 e. The Labute approximate surface area is 116 Å². The molecule has 5 heteroatoms. The molecule has 1 unspecified atom stereocenters. The topological polar surface area (TPSA) is 49.8 Å². The monoisotopic (exact) mass is 315 g/mol. The fraction of sp³-hybridized carbons (Fsp3) is 0.462. The normalized spacial score (nSPS) is 12.0. The van der Waals surface area contributed by atoms with Gasteiger partial charge in [-0.1, -0.05) is 28.9 Å². The number of benzene rings is 1. The lowest BCUT2D eigenvalue weighted by molar-refractivity contribution is -0.129. The maximum Gasteiger partial charge on any atom is 0.236 e. The van der Waals surface area contributed by atoms with E-state index in [9.17, 15) is 9.90 Å². The molecule has 1 rings (SSSR count). The van der Waals surface area contributed by atoms with Crippen molar-refractivity contribution < 1.29 is 14.6 Å². The Balaban J connectivity index is 2.75. The third kappa shape index (κ3) is 3.63. The Hall–Kier alpha value is -1.23. The molecule has 0 saturated carbocycles. The lowest BCUT2D eigenvalue weighted by atomic mass is 10.2. The van der Waals surface area contributed by atoms with Crippen molar-refractivity contribution in [3.63, 3.8) is 0 Å². The Morgan fingerprint density at radius 3 is 2.78 bits per heavy atom. The van der Waals surface area contributed by atoms with Crippen LogP contribution in [0.3, 0.4) is 0 Å². The lowest BCUT2D eigenvalue weighted by Gasteiger charge is -2.20. The van der Waals surface area contributed by atoms with Gasteiger partial charge in [-0.25, -0.2) is 0 Å². The molecule has 0 spiro atoms. The van der Waals surface area contributed by atoms with Crippen LogP contribution in [-0.4, -0.2) is 34.9 Å². The van der Waals surface area contributed by atoms with E-state index in [-0.39, 0.29) is 16.5 Å². The zero-order chi connectivity index (χ0) is 13.7. The number of carbonyl (C=O) groups excluding carboxylic acids is 1. The summed E-state index contributed by atoms with van der Waals surface area (Å²) < 4.78 is 5.03. The molecule has 0 aliphatic heterocycles. The van der Waals surface area contributed by atoms with Crippen LogP contribution in [0, 0.1) is 0 Å². The number of ether oxygens (including phenoxy) is 1. The van der Waals surface area contributed by atoms with E-state index in [1.54, 1.807) is 30.1 Å². The number of phenols is 1. The van der Waals surface area contributed by atoms with Crippen molar-refractivity contribution in [3.8, 4) is 11.5 Å². The van der Waals surface area contributed by atoms with E-state index in [1.807, 2.05) is 6.92 Å². The van der Waals surface area contributed by atoms with Crippen LogP contribution in [0.15, 0.2) is 18.2 Å². The summed E-state index contributed by atoms with van der Waals surface area (Å²) >= 11 is 3.34. The standard InChI is InChI=1S/C13H18BrNO3/c1-4-10(14)13(17)15(2)8-9-5-6-11(16)12(7-9)18-3/h5-7,10,16H,4,8H2,1-3H3. The first-order valence-corrected chi connectivity index (χ1v) is 6.66. The second-order valence-electron chi connectivity index (χ2n) is 4.08. The van der Waals surface area contributed by atoms with Gasteiger partial charge in [0, 0.05) is 13.6 Å². The molecule has 18 heavy (non-hydrogen) atoms. The van der Waals surface area contributed by atoms with Crippen LogP contribution in [0.4, 0.5) is 0 Å². The predicted octanol–water partition coefficient (Wildman–Crippen LogP) is 2.53. The summed E-state index contributed by atoms with van der Waals surface area (Å²) in [6.07, 6.45) is 0.752. The highest BCUT2D eigenvalue weighted by Crippen LogP contribution is 2.26. The number of hydrogen-bond acceptors (Lipinski definition) is 3. The number of aromatic hydroxyl groups is 1. The van der Waals surface area contributed by atoms with Crippen LogP contribution >= 0.6 is 15.9 Å². The molecule has 0 fully saturated rings. The Bertz CT molecular complexity index is 423. The molecule has 1 aromatic rings. The van der Waals surface area contributed by atoms with Crippen molar-refractivity contribution in [2.45, 2.75) is 24.7 Å². The summed E-state index contributed by atoms with van der Waals surface area (Å²) in [7, 11) is 3.25. The van der Waals surface area contributed by atoms with Crippen LogP contribution in [0.2, 0.25) is 0 Å². The molecule has 0 bridgehead atoms. The zero-order valence-corrected chi connectivity index (χ0v) is 12.4. The average Bonchev–Trinajstić information content (AvgIpc) is 2.38. The number of carbonyl (C=O) groups is 1. The molecule has 0 saturated heterocycles. The minimum atomic E-state index is -0.151. The van der Waals surface area contributed by atoms with E-state index in [0.717, 1.165) is 12.0 Å². The van der Waals surface area contributed by atoms with Crippen molar-refractivity contribution in [3.05, 3.63) is 23.8 Å². The third-order valence-corrected chi connectivity index (χ3v) is 3.71. The van der Waals surface area contributed by atoms with Gasteiger partial charge < -0.3 is 14.7 Å². The molecular weight excluding hydrogens is 298 g/mol. The van der Waals surface area contributed by atoms with Crippen molar-refractivity contribution in [1.82, 2.24) is 4.90 Å². The van der Waals surface area contributed by atoms with Gasteiger partial charge >= 0.3 is 0 Å². The first-order valence-electron chi connectivity index (χ1n) is 5.74. The molecule has 0 radical (unpaired) electrons. The van der Waals surface area contributed by atoms with Crippen molar-refractivity contribution in [1.29, 1.82) is 0 Å². The van der Waals surface area contributed by atoms with Gasteiger partial charge in [0.15, 0.2) is 11.5 Å². The van der Waals surface area contributed by atoms with Crippen LogP contribution in [0.25, 0.3) is 0 Å². The van der Waals surface area contributed by atoms with Gasteiger partial charge in [0.25, 0.3) is 0 Å². The quantitative estimate of drug-likeness (QED) is 0.849. The Morgan fingerprint density at radius 2 is 2.22 bits per heavy atom. The fourth-order valence-electron chi connectivity index (χ4n) is 1.59. The first kappa shape index (κ1) is 14.8. The molecule has 1 amide bonds. The van der Waals surface area contributed by atoms with Gasteiger partial charge in [0.05, 0.1) is 11.9 Å². The molecule has 0 aromatic heterocycles. The highest BCUT2D eigenvalue weighted by molar-refractivity contribution is 9.10. The van der Waals surface area contributed by atoms with Crippen LogP contribution < -0.4 is 4.74 Å². The van der Waals surface area contributed by atoms with E-state index in [2.05, 4.69) is 15.9 Å². The fourth-order valence-corrected chi connectivity index (χ4v) is 1.94. The third-order valence-electron chi connectivity index (χ3n) is 2.67. The van der Waals surface area contributed by atoms with Gasteiger partial charge in [-0.2, -0.15) is 0 Å². The van der Waals surface area contributed by atoms with Gasteiger partial charge in [0.1, 0.15) is 0 Å². The highest BCUT2D eigenvalue weighted by Gasteiger charge is 2.17. The number of amides is 1. The van der Waals surface area contributed by atoms with E-state index in [0.29, 0.717) is 12.3 Å². The van der Waals surface area contributed by atoms with Crippen LogP contribution in [-0.2, 0) is 11.3 Å². The second-order valence-corrected chi connectivity index (χ2v) is 5.18. The van der Waals surface area contributed by atoms with Crippen LogP contribution in [0.5, 0.6) is 11.5 Å². The SMILES string of the molecule is CCC(Br)C(=O)N(C)Cc1ccc(O)c(OC)c1. The molecule has 1 aromatic carbocycles. The number of alkyl halides is 1. The summed E-state index contributed by atoms with van der Waals surface area (Å²) in [6, 6.07) is 5.07. The summed E-state index contributed by atoms with van der Waals surface area (Å²) in [4.78, 5) is 13.4. The number of rotatable bonds is 5. The first-order chi connectivity index (χ1) is 8.49. The number of methoxy groups -OCH3 is 1. The van der Waals surface area contributed by atoms with E-state index >= 15 is 0 Å². The van der Waals surface area contributed by atoms with Gasteiger partial charge in [-0.05, 0) is 24.1 Å². The van der Waals surface area contributed by atoms with Gasteiger partial charge in [-0.3, -0.25) is 4.79 Å². The maximum atomic E-state index is 11.9. The molecule has 0 heterocycles. The zero-order valence-electron chi connectivity index (χ0n) is 10.8. The summed E-state index contributed by atoms with van der Waals surface area (Å²) in [5.41, 5.74) is 0.913. The number of phenolic OH excluding ortho intramolecular Hbond substituents is 1. The van der Waals surface area contributed by atoms with E-state index in [1.165, 1.54) is 7.11 Å². The van der Waals surface area contributed by atoms with Crippen molar-refractivity contribution in [2.75, 3.05) is 14.2 Å². The largest absolute Gasteiger partial charge is 0.504 e. The van der Waals surface area contributed by atoms with E-state index < -0.39 is 0 Å². The van der Waals surface area contributed by atoms with Crippen molar-refractivity contribution in [2.24, 2.45) is 0 Å². The molecule has 1 N–H and O–H groups in total. The lowest BCUT2D eigenvalue weighted by Crippen LogP contribution is -2.32. The number of halogens is 1. The Kier molecular flexibility index (Phi) is 5.47. The predicted molar refractivity (Wildman–Crippen MR) is 74.1 cm³/mol. The summed E-state index contributed by atoms with van der Waals surface area (Å²) in [6.45, 7) is 2.44. The number of hydrogen-bond donors (Lipinski definition) is 1. The van der Waals surface area contributed by atoms with Gasteiger partial charge in [-0.15, -0.1) is 0 Å². The molecule has 0 aliphatic rings. The van der Waals surface area contributed by atoms with Gasteiger partial charge in [0.2, 0.25) is 5.91 Å². The number of nitrogens with zero attached hydrogens (tertiary/aromatic N) is 1. The molecule has 100 valence electrons. The molecule has 4 nitrogen and oxygen atoms in total. The van der Waals surface area contributed by atoms with Crippen LogP contribution in [0.1, 0.15) is 18.9 Å². The molecule has 1 atom stereocenters. The van der Waals surface area contributed by atoms with Crippen molar-refractivity contribution >= 4 is 21.8 Å². The highest BCUT2D eigenvalue weighted by atomic mass is 79.9. The second kappa shape index (κ2) is 6.64.